The van der Waals surface area contributed by atoms with Gasteiger partial charge in [-0.1, -0.05) is 13.3 Å². The Hall–Kier alpha value is -0.0800. The summed E-state index contributed by atoms with van der Waals surface area (Å²) in [4.78, 5) is 2.84. The van der Waals surface area contributed by atoms with Crippen LogP contribution >= 0.6 is 0 Å². The van der Waals surface area contributed by atoms with Crippen LogP contribution in [0.1, 0.15) is 65.7 Å². The van der Waals surface area contributed by atoms with E-state index in [0.717, 1.165) is 35.9 Å². The van der Waals surface area contributed by atoms with Gasteiger partial charge in [0.05, 0.1) is 0 Å². The summed E-state index contributed by atoms with van der Waals surface area (Å²) in [6, 6.07) is 2.37. The minimum Gasteiger partial charge on any atom is -0.314 e. The largest absolute Gasteiger partial charge is 0.314 e. The zero-order chi connectivity index (χ0) is 14.1. The summed E-state index contributed by atoms with van der Waals surface area (Å²) in [6.45, 7) is 9.77. The fourth-order valence-electron chi connectivity index (χ4n) is 5.46. The Labute approximate surface area is 125 Å². The molecule has 2 aliphatic carbocycles. The van der Waals surface area contributed by atoms with E-state index in [1.54, 1.807) is 6.42 Å². The van der Waals surface area contributed by atoms with E-state index in [2.05, 4.69) is 31.0 Å². The second-order valence-electron chi connectivity index (χ2n) is 7.84. The third-order valence-electron chi connectivity index (χ3n) is 6.55. The fourth-order valence-corrected chi connectivity index (χ4v) is 5.46. The first-order valence-corrected chi connectivity index (χ1v) is 9.18. The summed E-state index contributed by atoms with van der Waals surface area (Å²) in [5.41, 5.74) is 0. The van der Waals surface area contributed by atoms with Crippen molar-refractivity contribution in [2.24, 2.45) is 17.8 Å². The molecule has 1 saturated heterocycles. The van der Waals surface area contributed by atoms with Crippen LogP contribution in [0.2, 0.25) is 0 Å². The number of nitrogens with one attached hydrogen (secondary N) is 1. The molecule has 3 fully saturated rings. The standard InChI is InChI=1S/C18H34N2/c1-4-8-19-17-7-9-20(13(2)10-17)14(3)18-12-15-5-6-16(18)11-15/h13-19H,4-12H2,1-3H3. The van der Waals surface area contributed by atoms with E-state index < -0.39 is 0 Å². The highest BCUT2D eigenvalue weighted by molar-refractivity contribution is 4.97. The molecule has 0 amide bonds. The molecule has 1 aliphatic heterocycles. The highest BCUT2D eigenvalue weighted by atomic mass is 15.2. The minimum atomic E-state index is 0.771. The number of hydrogen-bond donors (Lipinski definition) is 1. The minimum absolute atomic E-state index is 0.771. The Morgan fingerprint density at radius 1 is 1.15 bits per heavy atom. The van der Waals surface area contributed by atoms with Crippen molar-refractivity contribution < 1.29 is 0 Å². The second-order valence-corrected chi connectivity index (χ2v) is 7.84. The van der Waals surface area contributed by atoms with Crippen molar-refractivity contribution in [3.63, 3.8) is 0 Å². The SMILES string of the molecule is CCCNC1CCN(C(C)C2CC3CCC2C3)C(C)C1. The molecule has 0 aromatic rings. The van der Waals surface area contributed by atoms with Crippen molar-refractivity contribution in [1.82, 2.24) is 10.2 Å². The Balaban J connectivity index is 1.53. The Morgan fingerprint density at radius 2 is 2.00 bits per heavy atom. The fraction of sp³-hybridized carbons (Fsp3) is 1.00. The summed E-state index contributed by atoms with van der Waals surface area (Å²) in [5.74, 6) is 3.17. The maximum atomic E-state index is 3.73. The summed E-state index contributed by atoms with van der Waals surface area (Å²) in [6.07, 6.45) is 10.1. The number of fused-ring (bicyclic) bond motifs is 2. The molecule has 3 aliphatic rings. The first-order chi connectivity index (χ1) is 9.69. The van der Waals surface area contributed by atoms with Gasteiger partial charge in [0.25, 0.3) is 0 Å². The van der Waals surface area contributed by atoms with Crippen molar-refractivity contribution in [3.8, 4) is 0 Å². The quantitative estimate of drug-likeness (QED) is 0.825. The molecule has 1 heterocycles. The van der Waals surface area contributed by atoms with E-state index in [1.165, 1.54) is 51.6 Å². The molecule has 20 heavy (non-hydrogen) atoms. The van der Waals surface area contributed by atoms with Gasteiger partial charge in [-0.25, -0.2) is 0 Å². The molecule has 2 saturated carbocycles. The number of hydrogen-bond acceptors (Lipinski definition) is 2. The number of nitrogens with zero attached hydrogens (tertiary/aromatic N) is 1. The van der Waals surface area contributed by atoms with Crippen LogP contribution in [0.15, 0.2) is 0 Å². The summed E-state index contributed by atoms with van der Waals surface area (Å²) in [5, 5.41) is 3.73. The lowest BCUT2D eigenvalue weighted by atomic mass is 9.82. The van der Waals surface area contributed by atoms with Crippen LogP contribution < -0.4 is 5.32 Å². The van der Waals surface area contributed by atoms with Gasteiger partial charge in [0.1, 0.15) is 0 Å². The molecule has 2 heteroatoms. The lowest BCUT2D eigenvalue weighted by Gasteiger charge is -2.45. The molecule has 2 bridgehead atoms. The predicted molar refractivity (Wildman–Crippen MR) is 85.9 cm³/mol. The average molecular weight is 278 g/mol. The zero-order valence-corrected chi connectivity index (χ0v) is 13.8. The lowest BCUT2D eigenvalue weighted by molar-refractivity contribution is 0.0490. The van der Waals surface area contributed by atoms with E-state index in [9.17, 15) is 0 Å². The van der Waals surface area contributed by atoms with Crippen molar-refractivity contribution >= 4 is 0 Å². The number of likely N-dealkylation sites (tertiary alicyclic amines) is 1. The normalized spacial score (nSPS) is 43.0. The molecule has 0 aromatic heterocycles. The van der Waals surface area contributed by atoms with Crippen LogP contribution in [-0.4, -0.2) is 36.1 Å². The van der Waals surface area contributed by atoms with E-state index in [0.29, 0.717) is 0 Å². The highest BCUT2D eigenvalue weighted by Crippen LogP contribution is 2.50. The molecule has 0 radical (unpaired) electrons. The molecular weight excluding hydrogens is 244 g/mol. The van der Waals surface area contributed by atoms with E-state index in [4.69, 9.17) is 0 Å². The maximum Gasteiger partial charge on any atom is 0.0101 e. The molecule has 0 aromatic carbocycles. The maximum absolute atomic E-state index is 3.73. The van der Waals surface area contributed by atoms with E-state index in [1.807, 2.05) is 0 Å². The van der Waals surface area contributed by atoms with Gasteiger partial charge < -0.3 is 5.32 Å². The molecule has 6 unspecified atom stereocenters. The van der Waals surface area contributed by atoms with Crippen molar-refractivity contribution in [2.75, 3.05) is 13.1 Å². The first-order valence-electron chi connectivity index (χ1n) is 9.18. The molecule has 1 N–H and O–H groups in total. The Kier molecular flexibility index (Phi) is 4.72. The molecule has 0 spiro atoms. The van der Waals surface area contributed by atoms with Crippen LogP contribution in [0.4, 0.5) is 0 Å². The highest BCUT2D eigenvalue weighted by Gasteiger charge is 2.44. The van der Waals surface area contributed by atoms with Gasteiger partial charge in [-0.3, -0.25) is 4.90 Å². The van der Waals surface area contributed by atoms with Gasteiger partial charge in [0.15, 0.2) is 0 Å². The van der Waals surface area contributed by atoms with E-state index >= 15 is 0 Å². The summed E-state index contributed by atoms with van der Waals surface area (Å²) < 4.78 is 0. The molecule has 2 nitrogen and oxygen atoms in total. The third kappa shape index (κ3) is 2.92. The zero-order valence-electron chi connectivity index (χ0n) is 13.8. The number of piperidine rings is 1. The van der Waals surface area contributed by atoms with Gasteiger partial charge >= 0.3 is 0 Å². The lowest BCUT2D eigenvalue weighted by Crippen LogP contribution is -2.53. The second kappa shape index (κ2) is 6.36. The third-order valence-corrected chi connectivity index (χ3v) is 6.55. The van der Waals surface area contributed by atoms with Crippen molar-refractivity contribution in [1.29, 1.82) is 0 Å². The Morgan fingerprint density at radius 3 is 2.60 bits per heavy atom. The van der Waals surface area contributed by atoms with Gasteiger partial charge in [-0.2, -0.15) is 0 Å². The number of rotatable bonds is 5. The topological polar surface area (TPSA) is 15.3 Å². The van der Waals surface area contributed by atoms with Crippen LogP contribution in [0, 0.1) is 17.8 Å². The molecule has 3 rings (SSSR count). The van der Waals surface area contributed by atoms with Crippen LogP contribution in [0.5, 0.6) is 0 Å². The van der Waals surface area contributed by atoms with Crippen molar-refractivity contribution in [2.45, 2.75) is 83.8 Å². The van der Waals surface area contributed by atoms with Crippen molar-refractivity contribution in [3.05, 3.63) is 0 Å². The summed E-state index contributed by atoms with van der Waals surface area (Å²) in [7, 11) is 0. The van der Waals surface area contributed by atoms with Gasteiger partial charge in [-0.15, -0.1) is 0 Å². The van der Waals surface area contributed by atoms with Crippen LogP contribution in [-0.2, 0) is 0 Å². The van der Waals surface area contributed by atoms with Crippen LogP contribution in [0.3, 0.4) is 0 Å². The molecule has 6 atom stereocenters. The molecule has 116 valence electrons. The smallest absolute Gasteiger partial charge is 0.0101 e. The molecular formula is C18H34N2. The van der Waals surface area contributed by atoms with Gasteiger partial charge in [0.2, 0.25) is 0 Å². The van der Waals surface area contributed by atoms with Crippen LogP contribution in [0.25, 0.3) is 0 Å². The first kappa shape index (κ1) is 14.8. The Bertz CT molecular complexity index is 317. The van der Waals surface area contributed by atoms with Gasteiger partial charge in [-0.05, 0) is 76.7 Å². The van der Waals surface area contributed by atoms with E-state index in [-0.39, 0.29) is 0 Å². The monoisotopic (exact) mass is 278 g/mol. The predicted octanol–water partition coefficient (Wildman–Crippen LogP) is 3.66. The summed E-state index contributed by atoms with van der Waals surface area (Å²) >= 11 is 0. The average Bonchev–Trinajstić information content (AvgIpc) is 3.07. The van der Waals surface area contributed by atoms with Gasteiger partial charge in [0, 0.05) is 24.7 Å².